The number of hydrogen-bond acceptors (Lipinski definition) is 2. The summed E-state index contributed by atoms with van der Waals surface area (Å²) in [7, 11) is -0.421. The van der Waals surface area contributed by atoms with Gasteiger partial charge in [0.05, 0.1) is 13.8 Å². The summed E-state index contributed by atoms with van der Waals surface area (Å²) in [5.74, 6) is 2.44. The lowest BCUT2D eigenvalue weighted by atomic mass is 9.87. The fraction of sp³-hybridized carbons (Fsp3) is 0.618. The Labute approximate surface area is 228 Å². The first-order chi connectivity index (χ1) is 17.8. The second-order valence-corrected chi connectivity index (χ2v) is 14.7. The van der Waals surface area contributed by atoms with E-state index in [9.17, 15) is 0 Å². The topological polar surface area (TPSA) is 21.6 Å². The van der Waals surface area contributed by atoms with E-state index in [2.05, 4.69) is 84.2 Å². The van der Waals surface area contributed by atoms with E-state index in [1.165, 1.54) is 80.9 Å². The third-order valence-electron chi connectivity index (χ3n) is 8.38. The van der Waals surface area contributed by atoms with Crippen LogP contribution in [-0.2, 0) is 0 Å². The van der Waals surface area contributed by atoms with Crippen LogP contribution in [0.15, 0.2) is 41.4 Å². The van der Waals surface area contributed by atoms with E-state index in [0.29, 0.717) is 17.8 Å². The zero-order chi connectivity index (χ0) is 26.4. The molecule has 0 radical (unpaired) electrons. The van der Waals surface area contributed by atoms with Crippen molar-refractivity contribution in [3.8, 4) is 5.75 Å². The molecule has 0 saturated heterocycles. The number of rotatable bonds is 9. The molecule has 0 N–H and O–H groups in total. The summed E-state index contributed by atoms with van der Waals surface area (Å²) in [6, 6.07) is 13.5. The van der Waals surface area contributed by atoms with Crippen LogP contribution in [0.2, 0.25) is 0 Å². The lowest BCUT2D eigenvalue weighted by molar-refractivity contribution is 0.449. The van der Waals surface area contributed by atoms with Crippen molar-refractivity contribution in [2.45, 2.75) is 135 Å². The first-order valence-corrected chi connectivity index (χ1v) is 16.5. The fourth-order valence-electron chi connectivity index (χ4n) is 6.10. The monoisotopic (exact) mass is 519 g/mol. The van der Waals surface area contributed by atoms with Crippen molar-refractivity contribution in [3.05, 3.63) is 58.7 Å². The van der Waals surface area contributed by atoms with Gasteiger partial charge in [0.15, 0.2) is 0 Å². The van der Waals surface area contributed by atoms with Crippen LogP contribution in [0.1, 0.15) is 146 Å². The summed E-state index contributed by atoms with van der Waals surface area (Å²) in [5.41, 5.74) is 8.00. The van der Waals surface area contributed by atoms with Gasteiger partial charge < -0.3 is 4.52 Å². The number of benzene rings is 2. The van der Waals surface area contributed by atoms with Crippen molar-refractivity contribution in [2.75, 3.05) is 0 Å². The Hall–Kier alpha value is -1.66. The molecule has 2 fully saturated rings. The van der Waals surface area contributed by atoms with Crippen molar-refractivity contribution < 1.29 is 4.52 Å². The van der Waals surface area contributed by atoms with Gasteiger partial charge in [-0.25, -0.2) is 0 Å². The van der Waals surface area contributed by atoms with Gasteiger partial charge in [0.25, 0.3) is 0 Å². The molecule has 0 amide bonds. The molecule has 0 spiro atoms. The summed E-state index contributed by atoms with van der Waals surface area (Å²) < 4.78 is 6.96. The molecule has 3 heteroatoms. The van der Waals surface area contributed by atoms with Gasteiger partial charge in [-0.2, -0.15) is 0 Å². The number of hydrogen-bond donors (Lipinski definition) is 0. The standard InChI is InChI=1S/C34H50NOP/c1-24(2)28-21-32(25(3)4)34(33(22-28)26(5)6)35-23-27-14-13-15-29(20-27)36-37(30-16-9-7-10-17-30)31-18-11-8-12-19-31/h13-15,20-26,30-31H,7-12,16-19H2,1-6H3. The van der Waals surface area contributed by atoms with Gasteiger partial charge in [-0.1, -0.05) is 104 Å². The highest BCUT2D eigenvalue weighted by Crippen LogP contribution is 2.56. The molecule has 0 heterocycles. The molecule has 0 bridgehead atoms. The van der Waals surface area contributed by atoms with E-state index in [1.807, 2.05) is 0 Å². The molecule has 0 aliphatic heterocycles. The number of nitrogens with zero attached hydrogens (tertiary/aromatic N) is 1. The molecule has 2 aromatic rings. The molecule has 0 aromatic heterocycles. The van der Waals surface area contributed by atoms with Crippen LogP contribution < -0.4 is 4.52 Å². The summed E-state index contributed by atoms with van der Waals surface area (Å²) in [6.07, 6.45) is 15.9. The maximum Gasteiger partial charge on any atom is 0.123 e. The lowest BCUT2D eigenvalue weighted by Gasteiger charge is -2.37. The summed E-state index contributed by atoms with van der Waals surface area (Å²) in [6.45, 7) is 13.7. The van der Waals surface area contributed by atoms with Gasteiger partial charge in [-0.15, -0.1) is 0 Å². The molecular formula is C34H50NOP. The van der Waals surface area contributed by atoms with Gasteiger partial charge in [-0.3, -0.25) is 4.99 Å². The average Bonchev–Trinajstić information content (AvgIpc) is 2.91. The van der Waals surface area contributed by atoms with Crippen LogP contribution in [0, 0.1) is 0 Å². The van der Waals surface area contributed by atoms with Crippen LogP contribution in [0.25, 0.3) is 0 Å². The van der Waals surface area contributed by atoms with Crippen molar-refractivity contribution in [2.24, 2.45) is 4.99 Å². The van der Waals surface area contributed by atoms with E-state index in [0.717, 1.165) is 28.3 Å². The van der Waals surface area contributed by atoms with Crippen molar-refractivity contribution in [1.29, 1.82) is 0 Å². The van der Waals surface area contributed by atoms with Crippen molar-refractivity contribution in [3.63, 3.8) is 0 Å². The van der Waals surface area contributed by atoms with Crippen molar-refractivity contribution >= 4 is 20.1 Å². The molecule has 2 aliphatic rings. The Morgan fingerprint density at radius 2 is 1.27 bits per heavy atom. The molecular weight excluding hydrogens is 469 g/mol. The largest absolute Gasteiger partial charge is 0.473 e. The van der Waals surface area contributed by atoms with E-state index < -0.39 is 8.15 Å². The highest BCUT2D eigenvalue weighted by Gasteiger charge is 2.33. The molecule has 37 heavy (non-hydrogen) atoms. The predicted octanol–water partition coefficient (Wildman–Crippen LogP) is 11.2. The minimum Gasteiger partial charge on any atom is -0.473 e. The molecule has 2 nitrogen and oxygen atoms in total. The Bertz CT molecular complexity index is 981. The quantitative estimate of drug-likeness (QED) is 0.238. The molecule has 4 rings (SSSR count). The zero-order valence-electron chi connectivity index (χ0n) is 24.3. The van der Waals surface area contributed by atoms with Crippen LogP contribution in [0.3, 0.4) is 0 Å². The number of aliphatic imine (C=N–C) groups is 1. The van der Waals surface area contributed by atoms with Gasteiger partial charge in [0.2, 0.25) is 0 Å². The minimum atomic E-state index is -0.421. The van der Waals surface area contributed by atoms with Crippen molar-refractivity contribution in [1.82, 2.24) is 0 Å². The summed E-state index contributed by atoms with van der Waals surface area (Å²) in [5, 5.41) is 0. The normalized spacial score (nSPS) is 18.1. The van der Waals surface area contributed by atoms with E-state index >= 15 is 0 Å². The van der Waals surface area contributed by atoms with E-state index in [1.54, 1.807) is 0 Å². The van der Waals surface area contributed by atoms with E-state index in [-0.39, 0.29) is 0 Å². The van der Waals surface area contributed by atoms with Crippen LogP contribution in [0.5, 0.6) is 5.75 Å². The first-order valence-electron chi connectivity index (χ1n) is 15.1. The maximum atomic E-state index is 6.96. The minimum absolute atomic E-state index is 0.421. The summed E-state index contributed by atoms with van der Waals surface area (Å²) >= 11 is 0. The predicted molar refractivity (Wildman–Crippen MR) is 164 cm³/mol. The highest BCUT2D eigenvalue weighted by atomic mass is 31.1. The average molecular weight is 520 g/mol. The molecule has 202 valence electrons. The van der Waals surface area contributed by atoms with Crippen LogP contribution >= 0.6 is 8.15 Å². The zero-order valence-corrected chi connectivity index (χ0v) is 25.2. The second kappa shape index (κ2) is 13.4. The van der Waals surface area contributed by atoms with Crippen LogP contribution in [-0.4, -0.2) is 17.5 Å². The molecule has 0 unspecified atom stereocenters. The Balaban J connectivity index is 1.60. The van der Waals surface area contributed by atoms with Gasteiger partial charge in [-0.05, 0) is 77.8 Å². The Morgan fingerprint density at radius 1 is 0.730 bits per heavy atom. The SMILES string of the molecule is CC(C)c1cc(C(C)C)c(N=Cc2cccc(OP(C3CCCCC3)C3CCCCC3)c2)c(C(C)C)c1. The first kappa shape index (κ1) is 28.4. The smallest absolute Gasteiger partial charge is 0.123 e. The Kier molecular flexibility index (Phi) is 10.3. The van der Waals surface area contributed by atoms with Gasteiger partial charge in [0, 0.05) is 17.5 Å². The van der Waals surface area contributed by atoms with Crippen LogP contribution in [0.4, 0.5) is 5.69 Å². The molecule has 2 aromatic carbocycles. The van der Waals surface area contributed by atoms with Gasteiger partial charge >= 0.3 is 0 Å². The molecule has 0 atom stereocenters. The fourth-order valence-corrected chi connectivity index (χ4v) is 9.10. The van der Waals surface area contributed by atoms with Gasteiger partial charge in [0.1, 0.15) is 5.75 Å². The summed E-state index contributed by atoms with van der Waals surface area (Å²) in [4.78, 5) is 5.14. The van der Waals surface area contributed by atoms with E-state index in [4.69, 9.17) is 9.52 Å². The lowest BCUT2D eigenvalue weighted by Crippen LogP contribution is -2.23. The molecule has 2 aliphatic carbocycles. The Morgan fingerprint density at radius 3 is 1.76 bits per heavy atom. The third kappa shape index (κ3) is 7.47. The second-order valence-electron chi connectivity index (χ2n) is 12.4. The third-order valence-corrected chi connectivity index (χ3v) is 11.3. The maximum absolute atomic E-state index is 6.96. The highest BCUT2D eigenvalue weighted by molar-refractivity contribution is 7.54. The molecule has 2 saturated carbocycles.